The monoisotopic (exact) mass is 884 g/mol. The minimum atomic E-state index is -3.93. The summed E-state index contributed by atoms with van der Waals surface area (Å²) in [6.07, 6.45) is 3.61. The number of carbonyl (C=O) groups is 7. The fraction of sp³-hybridized carbons (Fsp3) is 0.649. The Kier molecular flexibility index (Phi) is 18.0. The fourth-order valence-corrected chi connectivity index (χ4v) is 9.49. The van der Waals surface area contributed by atoms with Crippen LogP contribution in [0.15, 0.2) is 24.3 Å². The number of benzene rings is 1. The van der Waals surface area contributed by atoms with Gasteiger partial charge < -0.3 is 25.6 Å². The summed E-state index contributed by atoms with van der Waals surface area (Å²) in [7, 11) is -1.63. The van der Waals surface area contributed by atoms with E-state index in [4.69, 9.17) is 10.6 Å². The predicted molar refractivity (Wildman–Crippen MR) is 213 cm³/mol. The second-order valence-corrected chi connectivity index (χ2v) is 18.0. The van der Waals surface area contributed by atoms with Crippen LogP contribution in [0.2, 0.25) is 0 Å². The Hall–Kier alpha value is -4.03. The topological polar surface area (TPSA) is 240 Å². The molecule has 322 valence electrons. The van der Waals surface area contributed by atoms with Crippen LogP contribution in [0.25, 0.3) is 0 Å². The third-order valence-corrected chi connectivity index (χ3v) is 13.6. The van der Waals surface area contributed by atoms with Gasteiger partial charge in [-0.05, 0) is 50.5 Å². The molecule has 1 aromatic carbocycles. The standard InChI is InChI=1S/C37H59BN8O12.Ga/c1-27(37(56)46-13-5-7-31(46)38(57)58)41-36(55)28-8-10-29(11-9-28)40-22-30(47)6-3-2-4-12-39-32(48)23-42-14-16-43(24-33(49)50)18-20-45(26-35(53)54)21-19-44(17-15-42)25-34(51)52;/h8-11,27,31,40,57-58H,2-7,12-26H2,1H3,(H,39,48)(H,41,55)(H,49,50)(H,51,52)(H,53,54);/q;+3/p-3/t27-,31+;/m1./s1. The van der Waals surface area contributed by atoms with Crippen LogP contribution in [0.4, 0.5) is 5.69 Å². The van der Waals surface area contributed by atoms with Crippen LogP contribution in [0.5, 0.6) is 0 Å². The molecule has 0 spiro atoms. The molecule has 4 saturated heterocycles. The molecule has 3 amide bonds. The molecule has 4 heterocycles. The summed E-state index contributed by atoms with van der Waals surface area (Å²) < 4.78 is 16.1. The number of unbranched alkanes of at least 4 members (excludes halogenated alkanes) is 2. The Morgan fingerprint density at radius 3 is 1.92 bits per heavy atom. The minimum absolute atomic E-state index is 0.00696. The van der Waals surface area contributed by atoms with Crippen molar-refractivity contribution in [1.82, 2.24) is 35.1 Å². The molecule has 1 aromatic rings. The maximum atomic E-state index is 13.0. The van der Waals surface area contributed by atoms with Crippen LogP contribution in [-0.4, -0.2) is 211 Å². The van der Waals surface area contributed by atoms with Gasteiger partial charge in [0.05, 0.1) is 12.5 Å². The van der Waals surface area contributed by atoms with Crippen molar-refractivity contribution in [2.75, 3.05) is 103 Å². The van der Waals surface area contributed by atoms with Crippen LogP contribution < -0.4 is 16.0 Å². The first-order chi connectivity index (χ1) is 28.3. The second-order valence-electron chi connectivity index (χ2n) is 15.3. The van der Waals surface area contributed by atoms with Gasteiger partial charge in [0.1, 0.15) is 6.04 Å². The van der Waals surface area contributed by atoms with Gasteiger partial charge in [0.15, 0.2) is 5.78 Å². The summed E-state index contributed by atoms with van der Waals surface area (Å²) in [5.74, 6) is -3.44. The average molecular weight is 885 g/mol. The van der Waals surface area contributed by atoms with Gasteiger partial charge in [-0.3, -0.25) is 14.4 Å². The largest absolute Gasteiger partial charge is 0.475 e. The molecule has 0 aromatic heterocycles. The molecule has 0 aliphatic carbocycles. The van der Waals surface area contributed by atoms with Gasteiger partial charge in [-0.2, -0.15) is 0 Å². The van der Waals surface area contributed by atoms with Crippen LogP contribution in [0.1, 0.15) is 55.8 Å². The number of likely N-dealkylation sites (tertiary alicyclic amines) is 1. The van der Waals surface area contributed by atoms with E-state index in [0.717, 1.165) is 6.42 Å². The van der Waals surface area contributed by atoms with E-state index in [9.17, 15) is 43.6 Å². The number of hydrogen-bond donors (Lipinski definition) is 5. The molecule has 22 heteroatoms. The normalized spacial score (nSPS) is 23.6. The summed E-state index contributed by atoms with van der Waals surface area (Å²) in [5.41, 5.74) is 0.993. The van der Waals surface area contributed by atoms with E-state index in [1.807, 2.05) is 19.6 Å². The molecule has 59 heavy (non-hydrogen) atoms. The van der Waals surface area contributed by atoms with E-state index in [-0.39, 0.29) is 50.3 Å². The summed E-state index contributed by atoms with van der Waals surface area (Å²) >= 11 is -3.93. The Morgan fingerprint density at radius 2 is 1.36 bits per heavy atom. The molecule has 0 saturated carbocycles. The van der Waals surface area contributed by atoms with Crippen LogP contribution >= 0.6 is 0 Å². The van der Waals surface area contributed by atoms with E-state index in [1.54, 1.807) is 31.2 Å². The number of Topliss-reactive ketones (excluding diaryl/α,β-unsaturated/α-hetero) is 1. The molecule has 4 aliphatic rings. The second kappa shape index (κ2) is 23.1. The van der Waals surface area contributed by atoms with E-state index < -0.39 is 60.2 Å². The number of nitrogens with one attached hydrogen (secondary N) is 3. The maximum absolute atomic E-state index is 13.0. The molecule has 0 radical (unpaired) electrons. The summed E-state index contributed by atoms with van der Waals surface area (Å²) in [5, 5.41) is 27.8. The molecular weight excluding hydrogens is 829 g/mol. The first-order valence-electron chi connectivity index (χ1n) is 20.4. The van der Waals surface area contributed by atoms with Gasteiger partial charge in [0.25, 0.3) is 5.91 Å². The van der Waals surface area contributed by atoms with Crippen molar-refractivity contribution >= 4 is 71.5 Å². The number of rotatable bonds is 15. The molecular formula is C37H56BGaN8O12. The summed E-state index contributed by atoms with van der Waals surface area (Å²) in [6.45, 7) is 6.51. The van der Waals surface area contributed by atoms with Crippen LogP contribution in [0.3, 0.4) is 0 Å². The van der Waals surface area contributed by atoms with Crippen molar-refractivity contribution < 1.29 is 54.2 Å². The number of ketones is 1. The van der Waals surface area contributed by atoms with Gasteiger partial charge in [-0.1, -0.05) is 6.42 Å². The maximum Gasteiger partial charge on any atom is 0.475 e. The molecule has 4 fully saturated rings. The number of hydrogen-bond acceptors (Lipinski definition) is 17. The van der Waals surface area contributed by atoms with E-state index in [2.05, 4.69) is 16.0 Å². The smallest absolute Gasteiger partial charge is 0.426 e. The first kappa shape index (κ1) is 46.0. The third kappa shape index (κ3) is 15.2. The van der Waals surface area contributed by atoms with Gasteiger partial charge in [-0.25, -0.2) is 0 Å². The van der Waals surface area contributed by atoms with Gasteiger partial charge >= 0.3 is 194 Å². The van der Waals surface area contributed by atoms with E-state index in [1.165, 1.54) is 4.90 Å². The van der Waals surface area contributed by atoms with Crippen molar-refractivity contribution in [3.63, 3.8) is 0 Å². The summed E-state index contributed by atoms with van der Waals surface area (Å²) in [4.78, 5) is 98.3. The molecule has 5 N–H and O–H groups in total. The Bertz CT molecular complexity index is 1610. The zero-order chi connectivity index (χ0) is 42.3. The number of amides is 3. The third-order valence-electron chi connectivity index (χ3n) is 10.8. The van der Waals surface area contributed by atoms with E-state index in [0.29, 0.717) is 109 Å². The fourth-order valence-electron chi connectivity index (χ4n) is 7.37. The van der Waals surface area contributed by atoms with Crippen molar-refractivity contribution in [2.24, 2.45) is 0 Å². The van der Waals surface area contributed by atoms with Crippen molar-refractivity contribution in [3.05, 3.63) is 29.8 Å². The zero-order valence-corrected chi connectivity index (χ0v) is 36.1. The molecule has 4 atom stereocenters. The first-order valence-corrected chi connectivity index (χ1v) is 23.4. The summed E-state index contributed by atoms with van der Waals surface area (Å²) in [6, 6.07) is 5.69. The number of carbonyl (C=O) groups excluding carboxylic acids is 7. The molecule has 2 unspecified atom stereocenters. The number of fused-ring (bicyclic) bond motifs is 7. The Morgan fingerprint density at radius 1 is 0.797 bits per heavy atom. The predicted octanol–water partition coefficient (Wildman–Crippen LogP) is -2.67. The quantitative estimate of drug-likeness (QED) is 0.0892. The molecule has 4 aliphatic heterocycles. The van der Waals surface area contributed by atoms with E-state index >= 15 is 0 Å². The number of anilines is 1. The van der Waals surface area contributed by atoms with Crippen molar-refractivity contribution in [3.8, 4) is 0 Å². The SMILES string of the molecule is C[C@@H](NC(=O)c1ccc(NCC(=O)CCCCCNC(=O)CN2CCN3CCN4CCN(CC2)CC(=O)[O][Ga]([O]C(=O)C3)[O]C(=O)C4)cc1)C(=O)N1CCC[C@H]1B(O)O. The van der Waals surface area contributed by atoms with Crippen molar-refractivity contribution in [2.45, 2.75) is 57.4 Å². The zero-order valence-electron chi connectivity index (χ0n) is 33.7. The van der Waals surface area contributed by atoms with Crippen molar-refractivity contribution in [1.29, 1.82) is 0 Å². The molecule has 20 nitrogen and oxygen atoms in total. The van der Waals surface area contributed by atoms with Gasteiger partial charge in [0.2, 0.25) is 5.91 Å². The molecule has 5 rings (SSSR count). The van der Waals surface area contributed by atoms with Crippen LogP contribution in [0, 0.1) is 0 Å². The Labute approximate surface area is 350 Å². The molecule has 4 bridgehead atoms. The van der Waals surface area contributed by atoms with Gasteiger partial charge in [-0.15, -0.1) is 0 Å². The van der Waals surface area contributed by atoms with Gasteiger partial charge in [0, 0.05) is 24.2 Å². The minimum Gasteiger partial charge on any atom is -0.426 e. The van der Waals surface area contributed by atoms with Crippen LogP contribution in [-0.2, 0) is 39.4 Å². The average Bonchev–Trinajstić information content (AvgIpc) is 3.68. The number of nitrogens with zero attached hydrogens (tertiary/aromatic N) is 5. The Balaban J connectivity index is 0.985.